The number of hydrogen-bond donors (Lipinski definition) is 8. The lowest BCUT2D eigenvalue weighted by Gasteiger charge is -2.36. The maximum Gasteiger partial charge on any atom is 0.260 e. The average Bonchev–Trinajstić information content (AvgIpc) is 1.56. The Morgan fingerprint density at radius 2 is 1.39 bits per heavy atom. The van der Waals surface area contributed by atoms with Crippen LogP contribution in [0, 0.1) is 11.3 Å². The third kappa shape index (κ3) is 16.4. The monoisotopic (exact) mass is 1500 g/mol. The Labute approximate surface area is 636 Å². The van der Waals surface area contributed by atoms with E-state index in [0.29, 0.717) is 77.7 Å². The van der Waals surface area contributed by atoms with Gasteiger partial charge in [-0.05, 0) is 122 Å². The van der Waals surface area contributed by atoms with Crippen LogP contribution in [0.2, 0.25) is 0 Å². The molecule has 1 saturated heterocycles. The first-order valence-electron chi connectivity index (χ1n) is 37.2. The topological polar surface area (TPSA) is 348 Å². The molecule has 0 bridgehead atoms. The molecule has 2 fully saturated rings. The molecule has 29 heteroatoms. The van der Waals surface area contributed by atoms with E-state index in [9.17, 15) is 48.6 Å². The van der Waals surface area contributed by atoms with Gasteiger partial charge in [-0.3, -0.25) is 43.3 Å². The number of nitrogens with zero attached hydrogens (tertiary/aromatic N) is 7. The minimum absolute atomic E-state index is 0.0709. The third-order valence-electron chi connectivity index (χ3n) is 21.3. The smallest absolute Gasteiger partial charge is 0.260 e. The van der Waals surface area contributed by atoms with E-state index >= 15 is 0 Å². The summed E-state index contributed by atoms with van der Waals surface area (Å²) in [6.07, 6.45) is 2.53. The van der Waals surface area contributed by atoms with Crippen LogP contribution in [0.15, 0.2) is 128 Å². The van der Waals surface area contributed by atoms with E-state index in [1.165, 1.54) is 26.0 Å². The molecule has 110 heavy (non-hydrogen) atoms. The van der Waals surface area contributed by atoms with Crippen LogP contribution in [0.4, 0.5) is 22.7 Å². The second kappa shape index (κ2) is 33.1. The Bertz CT molecular complexity index is 4680. The molecule has 6 aliphatic rings. The number of ether oxygens (including phenoxy) is 6. The molecule has 1 aromatic heterocycles. The summed E-state index contributed by atoms with van der Waals surface area (Å²) in [5.41, 5.74) is 8.91. The number of nitrogens with one attached hydrogen (secondary N) is 6. The first-order chi connectivity index (χ1) is 53.1. The van der Waals surface area contributed by atoms with Crippen molar-refractivity contribution in [2.75, 3.05) is 81.2 Å². The highest BCUT2D eigenvalue weighted by atomic mass is 16.6. The van der Waals surface area contributed by atoms with Gasteiger partial charge in [0.05, 0.1) is 113 Å². The Morgan fingerprint density at radius 1 is 0.709 bits per heavy atom. The zero-order valence-electron chi connectivity index (χ0n) is 62.8. The van der Waals surface area contributed by atoms with Crippen molar-refractivity contribution >= 4 is 75.6 Å². The van der Waals surface area contributed by atoms with Crippen molar-refractivity contribution in [2.24, 2.45) is 11.3 Å². The summed E-state index contributed by atoms with van der Waals surface area (Å²) in [5, 5.41) is 49.9. The first-order valence-corrected chi connectivity index (χ1v) is 37.2. The standard InChI is InChI=1S/C81H93N13O16/c1-9-47(4)94-74-56-16-11-10-15-51(56)42-91(61-18-13-12-17-57(61)73(74)88-89-94)71(98)28-27-68(95)83-40-69(96)84-41-70(97)87-72(46(2)3)76(100)85-48(5)75(99)86-53-23-19-49(20-24-53)44-110-80(104)93-62-37-67(65(107-8)35-59(62)78(102)92-45-81(29-30-81)38-63(92)79(93)103)109-32-14-31-108-66-36-60-58(34-64(66)106-7)77(101)90-43-52(33-54(90)39-82-60)50-21-25-55(105-6)26-22-50/h10-13,15-26,34-37,43,46-48,54,63,72,79-80,82,103-104H,9,14,27-33,38-42,44-45H2,1-8H3,(H,83,95)(H,84,96)(H,85,100)(H,86,99)(H,87,97)/t47?,48-,54?,63?,72-,79?,80?/m0/s1. The number of hydrogen-bond acceptors (Lipinski definition) is 20. The molecule has 5 unspecified atom stereocenters. The molecule has 7 aromatic rings. The molecule has 8 amide bonds. The SMILES string of the molecule is CCC(C)n1nnc2c1-c1ccccc1CN(C(=O)CCC(=O)NCC(=O)NCC(=O)N[C@H](C(=O)N[C@@H](C)C(=O)Nc1ccc(COC(O)N3c4cc(OCCCOc5cc6c(cc5OC)C(=O)N5C=C(c7ccc(OC)cc7)CC5CN6)c(OC)cc4C(=O)N4CC5(CC5)CC4C3O)cc1)C(C)C)c1ccccc1-2. The van der Waals surface area contributed by atoms with Crippen LogP contribution in [-0.4, -0.2) is 180 Å². The quantitative estimate of drug-likeness (QED) is 0.0163. The van der Waals surface area contributed by atoms with Gasteiger partial charge in [0.25, 0.3) is 11.8 Å². The van der Waals surface area contributed by atoms with Gasteiger partial charge < -0.3 is 85.2 Å². The number of benzene rings is 6. The van der Waals surface area contributed by atoms with Crippen molar-refractivity contribution in [1.82, 2.24) is 46.1 Å². The number of aromatic nitrogens is 3. The van der Waals surface area contributed by atoms with Crippen LogP contribution in [0.25, 0.3) is 28.1 Å². The number of carbonyl (C=O) groups is 8. The Morgan fingerprint density at radius 3 is 2.09 bits per heavy atom. The van der Waals surface area contributed by atoms with Crippen molar-refractivity contribution in [3.63, 3.8) is 0 Å². The molecule has 1 spiro atoms. The van der Waals surface area contributed by atoms with E-state index in [2.05, 4.69) is 56.1 Å². The number of amides is 8. The molecular formula is C81H93N13O16. The van der Waals surface area contributed by atoms with Gasteiger partial charge in [0.15, 0.2) is 29.2 Å². The number of fused-ring (bicyclic) bond motifs is 9. The number of aliphatic hydroxyl groups is 2. The number of anilines is 4. The molecule has 578 valence electrons. The van der Waals surface area contributed by atoms with Crippen LogP contribution in [0.3, 0.4) is 0 Å². The zero-order valence-corrected chi connectivity index (χ0v) is 62.8. The fraction of sp³-hybridized carbons (Fsp3) is 0.407. The second-order valence-corrected chi connectivity index (χ2v) is 29.0. The van der Waals surface area contributed by atoms with Gasteiger partial charge in [0.1, 0.15) is 23.5 Å². The lowest BCUT2D eigenvalue weighted by molar-refractivity contribution is -0.132. The van der Waals surface area contributed by atoms with Crippen molar-refractivity contribution in [3.05, 3.63) is 155 Å². The molecule has 1 saturated carbocycles. The average molecular weight is 1500 g/mol. The van der Waals surface area contributed by atoms with E-state index in [1.807, 2.05) is 83.7 Å². The van der Waals surface area contributed by atoms with Crippen LogP contribution in [0.5, 0.6) is 28.7 Å². The molecule has 0 radical (unpaired) electrons. The summed E-state index contributed by atoms with van der Waals surface area (Å²) in [4.78, 5) is 115. The van der Waals surface area contributed by atoms with E-state index in [4.69, 9.17) is 28.4 Å². The predicted molar refractivity (Wildman–Crippen MR) is 408 cm³/mol. The Hall–Kier alpha value is -11.6. The van der Waals surface area contributed by atoms with Crippen LogP contribution in [-0.2, 0) is 46.7 Å². The third-order valence-corrected chi connectivity index (χ3v) is 21.3. The fourth-order valence-corrected chi connectivity index (χ4v) is 14.7. The number of methoxy groups -OCH3 is 3. The fourth-order valence-electron chi connectivity index (χ4n) is 14.7. The highest BCUT2D eigenvalue weighted by molar-refractivity contribution is 6.05. The van der Waals surface area contributed by atoms with E-state index in [1.54, 1.807) is 84.2 Å². The molecule has 13 rings (SSSR count). The van der Waals surface area contributed by atoms with Crippen LogP contribution < -0.4 is 65.4 Å². The lowest BCUT2D eigenvalue weighted by Crippen LogP contribution is -2.55. The number of para-hydroxylation sites is 1. The number of aliphatic hydroxyl groups excluding tert-OH is 2. The van der Waals surface area contributed by atoms with E-state index in [-0.39, 0.29) is 97.2 Å². The molecule has 8 N–H and O–H groups in total. The summed E-state index contributed by atoms with van der Waals surface area (Å²) < 4.78 is 37.5. The summed E-state index contributed by atoms with van der Waals surface area (Å²) >= 11 is 0. The minimum atomic E-state index is -1.79. The highest BCUT2D eigenvalue weighted by Gasteiger charge is 2.58. The number of rotatable bonds is 29. The Kier molecular flexibility index (Phi) is 23.1. The van der Waals surface area contributed by atoms with Crippen molar-refractivity contribution in [1.29, 1.82) is 0 Å². The molecule has 6 aromatic carbocycles. The summed E-state index contributed by atoms with van der Waals surface area (Å²) in [6, 6.07) is 33.2. The predicted octanol–water partition coefficient (Wildman–Crippen LogP) is 7.91. The van der Waals surface area contributed by atoms with Gasteiger partial charge >= 0.3 is 0 Å². The maximum absolute atomic E-state index is 14.6. The maximum atomic E-state index is 14.6. The lowest BCUT2D eigenvalue weighted by atomic mass is 9.95. The van der Waals surface area contributed by atoms with Gasteiger partial charge in [-0.15, -0.1) is 5.10 Å². The summed E-state index contributed by atoms with van der Waals surface area (Å²) in [5.74, 6) is -2.42. The summed E-state index contributed by atoms with van der Waals surface area (Å²) in [7, 11) is 4.59. The van der Waals surface area contributed by atoms with Crippen molar-refractivity contribution in [2.45, 2.75) is 142 Å². The number of carbonyl (C=O) groups excluding carboxylic acids is 8. The molecule has 5 aliphatic heterocycles. The molecule has 1 aliphatic carbocycles. The molecule has 6 heterocycles. The van der Waals surface area contributed by atoms with E-state index in [0.717, 1.165) is 58.5 Å². The second-order valence-electron chi connectivity index (χ2n) is 29.0. The molecule has 29 nitrogen and oxygen atoms in total. The van der Waals surface area contributed by atoms with Crippen molar-refractivity contribution in [3.8, 4) is 51.3 Å². The van der Waals surface area contributed by atoms with Gasteiger partial charge in [-0.25, -0.2) is 4.68 Å². The van der Waals surface area contributed by atoms with Gasteiger partial charge in [0.2, 0.25) is 41.9 Å². The minimum Gasteiger partial charge on any atom is -0.497 e. The normalized spacial score (nSPS) is 18.1. The molecular weight excluding hydrogens is 1410 g/mol. The largest absolute Gasteiger partial charge is 0.497 e. The van der Waals surface area contributed by atoms with Gasteiger partial charge in [-0.1, -0.05) is 92.7 Å². The van der Waals surface area contributed by atoms with Crippen LogP contribution >= 0.6 is 0 Å². The van der Waals surface area contributed by atoms with E-state index < -0.39 is 79.3 Å². The Balaban J connectivity index is 0.568. The van der Waals surface area contributed by atoms with Gasteiger partial charge in [-0.2, -0.15) is 0 Å². The highest BCUT2D eigenvalue weighted by Crippen LogP contribution is 2.57. The van der Waals surface area contributed by atoms with Gasteiger partial charge in [0, 0.05) is 67.5 Å². The first kappa shape index (κ1) is 76.6. The van der Waals surface area contributed by atoms with Crippen molar-refractivity contribution < 1.29 is 77.0 Å². The molecule has 7 atom stereocenters. The summed E-state index contributed by atoms with van der Waals surface area (Å²) in [6.45, 7) is 9.33. The van der Waals surface area contributed by atoms with Crippen LogP contribution in [0.1, 0.15) is 129 Å². The zero-order chi connectivity index (χ0) is 77.7.